The van der Waals surface area contributed by atoms with Gasteiger partial charge in [0.25, 0.3) is 0 Å². The van der Waals surface area contributed by atoms with Crippen molar-refractivity contribution in [2.45, 2.75) is 44.3 Å². The Kier molecular flexibility index (Phi) is 4.59. The highest BCUT2D eigenvalue weighted by Crippen LogP contribution is 2.41. The number of aromatic nitrogens is 3. The molecule has 2 aliphatic rings. The number of methoxy groups -OCH3 is 1. The largest absolute Gasteiger partial charge is 0.458 e. The van der Waals surface area contributed by atoms with E-state index in [2.05, 4.69) is 16.3 Å². The van der Waals surface area contributed by atoms with Gasteiger partial charge in [-0.15, -0.1) is 0 Å². The van der Waals surface area contributed by atoms with Crippen LogP contribution in [0.1, 0.15) is 50.0 Å². The second kappa shape index (κ2) is 7.29. The quantitative estimate of drug-likeness (QED) is 0.624. The number of rotatable bonds is 5. The molecule has 1 unspecified atom stereocenters. The summed E-state index contributed by atoms with van der Waals surface area (Å²) in [5, 5.41) is 0. The molecule has 0 aliphatic heterocycles. The number of benzene rings is 1. The zero-order valence-electron chi connectivity index (χ0n) is 17.3. The van der Waals surface area contributed by atoms with E-state index in [4.69, 9.17) is 20.2 Å². The number of ether oxygens (including phenoxy) is 2. The number of allylic oxidation sites excluding steroid dienone is 2. The molecule has 0 saturated heterocycles. The van der Waals surface area contributed by atoms with Crippen LogP contribution in [0.3, 0.4) is 0 Å². The molecule has 2 N–H and O–H groups in total. The maximum Gasteiger partial charge on any atom is 0.234 e. The molecule has 1 saturated carbocycles. The fourth-order valence-corrected chi connectivity index (χ4v) is 4.33. The Labute approximate surface area is 176 Å². The summed E-state index contributed by atoms with van der Waals surface area (Å²) in [7, 11) is 1.67. The van der Waals surface area contributed by atoms with E-state index >= 15 is 0 Å². The highest BCUT2D eigenvalue weighted by atomic mass is 16.7. The van der Waals surface area contributed by atoms with Crippen LogP contribution in [0.5, 0.6) is 5.75 Å². The van der Waals surface area contributed by atoms with Gasteiger partial charge in [-0.25, -0.2) is 9.97 Å². The van der Waals surface area contributed by atoms with Gasteiger partial charge in [-0.1, -0.05) is 36.3 Å². The summed E-state index contributed by atoms with van der Waals surface area (Å²) >= 11 is 0. The lowest BCUT2D eigenvalue weighted by Gasteiger charge is -2.33. The van der Waals surface area contributed by atoms with Crippen LogP contribution in [0.4, 0.5) is 5.82 Å². The first-order valence-electron chi connectivity index (χ1n) is 10.4. The number of nitrogens with zero attached hydrogens (tertiary/aromatic N) is 3. The van der Waals surface area contributed by atoms with Crippen molar-refractivity contribution in [1.29, 1.82) is 0 Å². The Morgan fingerprint density at radius 3 is 2.67 bits per heavy atom. The zero-order chi connectivity index (χ0) is 20.7. The number of fused-ring (bicyclic) bond motifs is 1. The molecule has 2 aromatic heterocycles. The molecule has 0 spiro atoms. The first-order valence-corrected chi connectivity index (χ1v) is 10.4. The van der Waals surface area contributed by atoms with Crippen molar-refractivity contribution >= 4 is 16.9 Å². The summed E-state index contributed by atoms with van der Waals surface area (Å²) in [5.41, 5.74) is 10.3. The Bertz CT molecular complexity index is 1140. The van der Waals surface area contributed by atoms with E-state index in [9.17, 15) is 0 Å². The molecular weight excluding hydrogens is 376 g/mol. The number of hydrogen-bond donors (Lipinski definition) is 1. The highest BCUT2D eigenvalue weighted by Gasteiger charge is 2.35. The summed E-state index contributed by atoms with van der Waals surface area (Å²) in [5.74, 6) is 2.00. The van der Waals surface area contributed by atoms with Gasteiger partial charge in [-0.2, -0.15) is 0 Å². The summed E-state index contributed by atoms with van der Waals surface area (Å²) in [6, 6.07) is 9.74. The molecule has 6 heteroatoms. The van der Waals surface area contributed by atoms with E-state index < -0.39 is 5.79 Å². The molecule has 3 aromatic rings. The van der Waals surface area contributed by atoms with Crippen molar-refractivity contribution in [3.63, 3.8) is 0 Å². The molecular formula is C24H26N4O2. The minimum absolute atomic E-state index is 0.487. The van der Waals surface area contributed by atoms with Crippen LogP contribution in [-0.4, -0.2) is 27.3 Å². The molecule has 1 fully saturated rings. The number of nitrogen functional groups attached to an aromatic ring is 1. The van der Waals surface area contributed by atoms with Crippen molar-refractivity contribution in [3.05, 3.63) is 72.0 Å². The van der Waals surface area contributed by atoms with Gasteiger partial charge in [-0.05, 0) is 38.0 Å². The van der Waals surface area contributed by atoms with E-state index in [0.29, 0.717) is 18.2 Å². The maximum atomic E-state index is 6.30. The van der Waals surface area contributed by atoms with Gasteiger partial charge in [0, 0.05) is 37.4 Å². The molecule has 154 valence electrons. The standard InChI is InChI=1S/C24H26N4O2/c1-16-15-24(29-2,30-18-9-4-3-5-10-18)12-11-19(16)20-21-22(25)26-13-14-28(21)23(27-20)17-7-6-8-17/h3-5,9-14,17H,6-8,15H2,1-2H3,(H2,25,26). The predicted molar refractivity (Wildman–Crippen MR) is 117 cm³/mol. The fraction of sp³-hybridized carbons (Fsp3) is 0.333. The average Bonchev–Trinajstić information content (AvgIpc) is 3.08. The third-order valence-corrected chi connectivity index (χ3v) is 6.19. The van der Waals surface area contributed by atoms with Gasteiger partial charge in [0.05, 0.1) is 0 Å². The second-order valence-electron chi connectivity index (χ2n) is 8.11. The SMILES string of the molecule is COC1(Oc2ccccc2)C=CC(c2nc(C3CCC3)n3ccnc(N)c23)=C(C)C1. The second-order valence-corrected chi connectivity index (χ2v) is 8.11. The molecule has 5 rings (SSSR count). The molecule has 2 heterocycles. The smallest absolute Gasteiger partial charge is 0.234 e. The van der Waals surface area contributed by atoms with E-state index in [1.165, 1.54) is 19.3 Å². The summed E-state index contributed by atoms with van der Waals surface area (Å²) in [4.78, 5) is 9.38. The first-order chi connectivity index (χ1) is 14.6. The summed E-state index contributed by atoms with van der Waals surface area (Å²) in [6.07, 6.45) is 11.9. The third kappa shape index (κ3) is 3.08. The number of para-hydroxylation sites is 1. The van der Waals surface area contributed by atoms with Crippen LogP contribution in [0.2, 0.25) is 0 Å². The molecule has 0 amide bonds. The first kappa shape index (κ1) is 18.9. The third-order valence-electron chi connectivity index (χ3n) is 6.19. The van der Waals surface area contributed by atoms with Gasteiger partial charge >= 0.3 is 0 Å². The number of hydrogen-bond acceptors (Lipinski definition) is 5. The molecule has 0 radical (unpaired) electrons. The van der Waals surface area contributed by atoms with Crippen molar-refractivity contribution in [2.24, 2.45) is 0 Å². The lowest BCUT2D eigenvalue weighted by Crippen LogP contribution is -2.37. The monoisotopic (exact) mass is 402 g/mol. The Morgan fingerprint density at radius 1 is 1.20 bits per heavy atom. The lowest BCUT2D eigenvalue weighted by molar-refractivity contribution is -0.124. The summed E-state index contributed by atoms with van der Waals surface area (Å²) < 4.78 is 14.2. The Hall–Kier alpha value is -3.12. The van der Waals surface area contributed by atoms with E-state index in [-0.39, 0.29) is 0 Å². The van der Waals surface area contributed by atoms with Gasteiger partial charge in [-0.3, -0.25) is 4.40 Å². The molecule has 30 heavy (non-hydrogen) atoms. The van der Waals surface area contributed by atoms with Gasteiger partial charge in [0.1, 0.15) is 28.6 Å². The number of nitrogens with two attached hydrogens (primary N) is 1. The van der Waals surface area contributed by atoms with Crippen molar-refractivity contribution < 1.29 is 9.47 Å². The van der Waals surface area contributed by atoms with Crippen LogP contribution >= 0.6 is 0 Å². The van der Waals surface area contributed by atoms with Crippen molar-refractivity contribution in [1.82, 2.24) is 14.4 Å². The highest BCUT2D eigenvalue weighted by molar-refractivity contribution is 5.89. The molecule has 6 nitrogen and oxygen atoms in total. The molecule has 0 bridgehead atoms. The van der Waals surface area contributed by atoms with Gasteiger partial charge in [0.15, 0.2) is 0 Å². The van der Waals surface area contributed by atoms with Crippen LogP contribution < -0.4 is 10.5 Å². The van der Waals surface area contributed by atoms with Crippen LogP contribution in [0.15, 0.2) is 60.5 Å². The normalized spacial score (nSPS) is 21.8. The van der Waals surface area contributed by atoms with Crippen LogP contribution in [0.25, 0.3) is 11.1 Å². The molecule has 1 atom stereocenters. The Balaban J connectivity index is 1.55. The van der Waals surface area contributed by atoms with Crippen LogP contribution in [-0.2, 0) is 4.74 Å². The minimum Gasteiger partial charge on any atom is -0.458 e. The number of anilines is 1. The average molecular weight is 402 g/mol. The van der Waals surface area contributed by atoms with Gasteiger partial charge in [0.2, 0.25) is 5.79 Å². The van der Waals surface area contributed by atoms with Gasteiger partial charge < -0.3 is 15.2 Å². The topological polar surface area (TPSA) is 74.7 Å². The molecule has 2 aliphatic carbocycles. The number of imidazole rings is 1. The Morgan fingerprint density at radius 2 is 2.00 bits per heavy atom. The van der Waals surface area contributed by atoms with E-state index in [1.807, 2.05) is 48.7 Å². The van der Waals surface area contributed by atoms with Crippen LogP contribution in [0, 0.1) is 0 Å². The fourth-order valence-electron chi connectivity index (χ4n) is 4.33. The maximum absolute atomic E-state index is 6.30. The van der Waals surface area contributed by atoms with E-state index in [1.54, 1.807) is 13.3 Å². The minimum atomic E-state index is -0.842. The van der Waals surface area contributed by atoms with Crippen molar-refractivity contribution in [2.75, 3.05) is 12.8 Å². The predicted octanol–water partition coefficient (Wildman–Crippen LogP) is 4.73. The zero-order valence-corrected chi connectivity index (χ0v) is 17.3. The summed E-state index contributed by atoms with van der Waals surface area (Å²) in [6.45, 7) is 2.10. The van der Waals surface area contributed by atoms with E-state index in [0.717, 1.165) is 33.9 Å². The molecule has 1 aromatic carbocycles. The lowest BCUT2D eigenvalue weighted by atomic mass is 9.85. The van der Waals surface area contributed by atoms with Crippen molar-refractivity contribution in [3.8, 4) is 5.75 Å².